The molecule has 0 bridgehead atoms. The molecule has 1 aromatic carbocycles. The standard InChI is InChI=1S/C21H31F2N3O4/c1-4-5-8-21(2,20(27)28-3)25-24-15-16-6-7-17(19(23)18(16)22)30-14-11-26-9-12-29-13-10-26/h6-7,15,25H,4-5,8-14H2,1-3H3/b24-15+/t21-/m1/s1. The normalized spacial score (nSPS) is 17.0. The molecule has 30 heavy (non-hydrogen) atoms. The molecule has 0 radical (unpaired) electrons. The molecule has 0 aromatic heterocycles. The van der Waals surface area contributed by atoms with Gasteiger partial charge < -0.3 is 14.2 Å². The number of halogens is 2. The van der Waals surface area contributed by atoms with Crippen molar-refractivity contribution >= 4 is 12.2 Å². The highest BCUT2D eigenvalue weighted by molar-refractivity contribution is 5.82. The Morgan fingerprint density at radius 2 is 2.07 bits per heavy atom. The number of ether oxygens (including phenoxy) is 3. The van der Waals surface area contributed by atoms with Crippen molar-refractivity contribution in [2.45, 2.75) is 38.6 Å². The third kappa shape index (κ3) is 6.63. The minimum Gasteiger partial charge on any atom is -0.489 e. The quantitative estimate of drug-likeness (QED) is 0.333. The summed E-state index contributed by atoms with van der Waals surface area (Å²) < 4.78 is 44.2. The van der Waals surface area contributed by atoms with Crippen LogP contribution in [-0.4, -0.2) is 69.2 Å². The highest BCUT2D eigenvalue weighted by Crippen LogP contribution is 2.22. The fourth-order valence-electron chi connectivity index (χ4n) is 3.07. The van der Waals surface area contributed by atoms with Crippen LogP contribution >= 0.6 is 0 Å². The second-order valence-electron chi connectivity index (χ2n) is 7.38. The van der Waals surface area contributed by atoms with E-state index >= 15 is 0 Å². The van der Waals surface area contributed by atoms with Gasteiger partial charge in [0.2, 0.25) is 5.82 Å². The topological polar surface area (TPSA) is 72.4 Å². The molecule has 0 unspecified atom stereocenters. The Bertz CT molecular complexity index is 726. The Morgan fingerprint density at radius 3 is 2.73 bits per heavy atom. The van der Waals surface area contributed by atoms with Crippen molar-refractivity contribution < 1.29 is 27.8 Å². The van der Waals surface area contributed by atoms with Crippen LogP contribution in [0, 0.1) is 11.6 Å². The third-order valence-corrected chi connectivity index (χ3v) is 5.03. The molecule has 2 rings (SSSR count). The molecule has 1 aliphatic rings. The van der Waals surface area contributed by atoms with Gasteiger partial charge in [0.15, 0.2) is 11.6 Å². The van der Waals surface area contributed by atoms with Gasteiger partial charge in [-0.2, -0.15) is 9.49 Å². The van der Waals surface area contributed by atoms with Crippen LogP contribution in [0.3, 0.4) is 0 Å². The maximum atomic E-state index is 14.4. The predicted molar refractivity (Wildman–Crippen MR) is 110 cm³/mol. The number of esters is 1. The van der Waals surface area contributed by atoms with Crippen molar-refractivity contribution in [3.8, 4) is 5.75 Å². The number of rotatable bonds is 11. The molecule has 0 spiro atoms. The molecule has 0 saturated carbocycles. The summed E-state index contributed by atoms with van der Waals surface area (Å²) in [6.45, 7) is 7.45. The number of methoxy groups -OCH3 is 1. The lowest BCUT2D eigenvalue weighted by atomic mass is 9.96. The maximum Gasteiger partial charge on any atom is 0.332 e. The number of benzene rings is 1. The Labute approximate surface area is 176 Å². The monoisotopic (exact) mass is 427 g/mol. The molecule has 1 heterocycles. The van der Waals surface area contributed by atoms with E-state index in [-0.39, 0.29) is 17.9 Å². The number of unbranched alkanes of at least 4 members (excludes halogenated alkanes) is 1. The largest absolute Gasteiger partial charge is 0.489 e. The summed E-state index contributed by atoms with van der Waals surface area (Å²) >= 11 is 0. The van der Waals surface area contributed by atoms with Crippen LogP contribution in [0.15, 0.2) is 17.2 Å². The molecule has 168 valence electrons. The highest BCUT2D eigenvalue weighted by Gasteiger charge is 2.33. The summed E-state index contributed by atoms with van der Waals surface area (Å²) in [5.74, 6) is -2.74. The van der Waals surface area contributed by atoms with Gasteiger partial charge in [-0.05, 0) is 25.5 Å². The third-order valence-electron chi connectivity index (χ3n) is 5.03. The molecule has 7 nitrogen and oxygen atoms in total. The molecule has 1 atom stereocenters. The lowest BCUT2D eigenvalue weighted by molar-refractivity contribution is -0.148. The average Bonchev–Trinajstić information content (AvgIpc) is 2.76. The summed E-state index contributed by atoms with van der Waals surface area (Å²) in [5, 5.41) is 3.95. The number of hydrogen-bond acceptors (Lipinski definition) is 7. The van der Waals surface area contributed by atoms with Crippen LogP contribution in [0.1, 0.15) is 38.7 Å². The SMILES string of the molecule is CCCC[C@@](C)(N/N=C/c1ccc(OCCN2CCOCC2)c(F)c1F)C(=O)OC. The zero-order valence-corrected chi connectivity index (χ0v) is 17.9. The number of nitrogens with one attached hydrogen (secondary N) is 1. The fourth-order valence-corrected chi connectivity index (χ4v) is 3.07. The smallest absolute Gasteiger partial charge is 0.332 e. The molecule has 1 aliphatic heterocycles. The van der Waals surface area contributed by atoms with E-state index in [4.69, 9.17) is 14.2 Å². The van der Waals surface area contributed by atoms with Crippen molar-refractivity contribution in [1.29, 1.82) is 0 Å². The average molecular weight is 427 g/mol. The van der Waals surface area contributed by atoms with E-state index in [1.54, 1.807) is 6.92 Å². The molecular weight excluding hydrogens is 396 g/mol. The van der Waals surface area contributed by atoms with Gasteiger partial charge in [0.25, 0.3) is 0 Å². The first kappa shape index (κ1) is 24.0. The lowest BCUT2D eigenvalue weighted by Crippen LogP contribution is -2.47. The summed E-state index contributed by atoms with van der Waals surface area (Å²) in [6.07, 6.45) is 3.32. The summed E-state index contributed by atoms with van der Waals surface area (Å²) in [5.41, 5.74) is 1.63. The van der Waals surface area contributed by atoms with Gasteiger partial charge in [-0.15, -0.1) is 0 Å². The van der Waals surface area contributed by atoms with E-state index in [1.807, 2.05) is 6.92 Å². The van der Waals surface area contributed by atoms with Crippen LogP contribution in [0.2, 0.25) is 0 Å². The number of nitrogens with zero attached hydrogens (tertiary/aromatic N) is 2. The zero-order chi connectivity index (χ0) is 22.0. The molecule has 0 aliphatic carbocycles. The van der Waals surface area contributed by atoms with Crippen molar-refractivity contribution in [2.75, 3.05) is 46.6 Å². The van der Waals surface area contributed by atoms with E-state index in [2.05, 4.69) is 15.4 Å². The first-order valence-corrected chi connectivity index (χ1v) is 10.2. The first-order chi connectivity index (χ1) is 14.4. The van der Waals surface area contributed by atoms with Gasteiger partial charge in [-0.1, -0.05) is 19.8 Å². The predicted octanol–water partition coefficient (Wildman–Crippen LogP) is 2.72. The lowest BCUT2D eigenvalue weighted by Gasteiger charge is -2.26. The Balaban J connectivity index is 1.97. The van der Waals surface area contributed by atoms with Gasteiger partial charge in [0.1, 0.15) is 12.1 Å². The second kappa shape index (κ2) is 11.8. The Kier molecular flexibility index (Phi) is 9.45. The number of carbonyl (C=O) groups excluding carboxylic acids is 1. The molecule has 9 heteroatoms. The maximum absolute atomic E-state index is 14.4. The number of carbonyl (C=O) groups is 1. The fraction of sp³-hybridized carbons (Fsp3) is 0.619. The molecule has 0 amide bonds. The van der Waals surface area contributed by atoms with Crippen LogP contribution in [0.25, 0.3) is 0 Å². The highest BCUT2D eigenvalue weighted by atomic mass is 19.2. The Morgan fingerprint density at radius 1 is 1.33 bits per heavy atom. The van der Waals surface area contributed by atoms with Crippen LogP contribution in [-0.2, 0) is 14.3 Å². The minimum absolute atomic E-state index is 0.0526. The molecule has 1 saturated heterocycles. The van der Waals surface area contributed by atoms with E-state index in [0.717, 1.165) is 32.1 Å². The zero-order valence-electron chi connectivity index (χ0n) is 17.9. The van der Waals surface area contributed by atoms with Gasteiger partial charge in [-0.25, -0.2) is 9.18 Å². The van der Waals surface area contributed by atoms with Crippen molar-refractivity contribution in [3.63, 3.8) is 0 Å². The Hall–Kier alpha value is -2.26. The second-order valence-corrected chi connectivity index (χ2v) is 7.38. The van der Waals surface area contributed by atoms with Crippen molar-refractivity contribution in [1.82, 2.24) is 10.3 Å². The van der Waals surface area contributed by atoms with E-state index in [0.29, 0.717) is 26.2 Å². The van der Waals surface area contributed by atoms with E-state index in [1.165, 1.54) is 19.2 Å². The molecule has 1 aromatic rings. The molecule has 1 N–H and O–H groups in total. The number of hydrogen-bond donors (Lipinski definition) is 1. The van der Waals surface area contributed by atoms with Crippen LogP contribution in [0.4, 0.5) is 8.78 Å². The molecule has 1 fully saturated rings. The van der Waals surface area contributed by atoms with Crippen molar-refractivity contribution in [2.24, 2.45) is 5.10 Å². The van der Waals surface area contributed by atoms with E-state index in [9.17, 15) is 13.6 Å². The van der Waals surface area contributed by atoms with Crippen LogP contribution in [0.5, 0.6) is 5.75 Å². The van der Waals surface area contributed by atoms with Crippen molar-refractivity contribution in [3.05, 3.63) is 29.3 Å². The van der Waals surface area contributed by atoms with Gasteiger partial charge in [0, 0.05) is 25.2 Å². The number of morpholine rings is 1. The summed E-state index contributed by atoms with van der Waals surface area (Å²) in [7, 11) is 1.30. The number of hydrazone groups is 1. The molecular formula is C21H31F2N3O4. The minimum atomic E-state index is -1.07. The first-order valence-electron chi connectivity index (χ1n) is 10.2. The summed E-state index contributed by atoms with van der Waals surface area (Å²) in [6, 6.07) is 2.75. The van der Waals surface area contributed by atoms with Gasteiger partial charge >= 0.3 is 5.97 Å². The van der Waals surface area contributed by atoms with Gasteiger partial charge in [0.05, 0.1) is 26.5 Å². The van der Waals surface area contributed by atoms with Crippen LogP contribution < -0.4 is 10.2 Å². The summed E-state index contributed by atoms with van der Waals surface area (Å²) in [4.78, 5) is 14.2. The van der Waals surface area contributed by atoms with Gasteiger partial charge in [-0.3, -0.25) is 10.3 Å². The van der Waals surface area contributed by atoms with E-state index < -0.39 is 23.1 Å².